The fraction of sp³-hybridized carbons (Fsp3) is 0.267. The highest BCUT2D eigenvalue weighted by Gasteiger charge is 2.18. The molecule has 0 aromatic carbocycles. The van der Waals surface area contributed by atoms with Crippen LogP contribution in [0.3, 0.4) is 0 Å². The van der Waals surface area contributed by atoms with Crippen molar-refractivity contribution < 1.29 is 0 Å². The van der Waals surface area contributed by atoms with Gasteiger partial charge in [-0.05, 0) is 42.6 Å². The molecule has 1 N–H and O–H groups in total. The molecule has 1 unspecified atom stereocenters. The van der Waals surface area contributed by atoms with E-state index in [1.54, 1.807) is 11.3 Å². The molecule has 3 heterocycles. The van der Waals surface area contributed by atoms with Crippen LogP contribution in [0.25, 0.3) is 5.52 Å². The van der Waals surface area contributed by atoms with E-state index in [0.29, 0.717) is 0 Å². The van der Waals surface area contributed by atoms with E-state index >= 15 is 0 Å². The van der Waals surface area contributed by atoms with Crippen LogP contribution in [-0.4, -0.2) is 16.2 Å². The van der Waals surface area contributed by atoms with Crippen molar-refractivity contribution in [3.63, 3.8) is 0 Å². The SMILES string of the molecule is CCNC(c1csc(C)c1)c1cnn2ccccc12. The van der Waals surface area contributed by atoms with Crippen molar-refractivity contribution in [3.8, 4) is 0 Å². The number of hydrogen-bond donors (Lipinski definition) is 1. The van der Waals surface area contributed by atoms with E-state index in [-0.39, 0.29) is 6.04 Å². The number of thiophene rings is 1. The van der Waals surface area contributed by atoms with Crippen LogP contribution in [0.1, 0.15) is 29.0 Å². The van der Waals surface area contributed by atoms with E-state index in [1.165, 1.54) is 16.0 Å². The summed E-state index contributed by atoms with van der Waals surface area (Å²) in [6.07, 6.45) is 3.95. The number of nitrogens with zero attached hydrogens (tertiary/aromatic N) is 2. The zero-order valence-electron chi connectivity index (χ0n) is 11.1. The van der Waals surface area contributed by atoms with Gasteiger partial charge in [-0.3, -0.25) is 0 Å². The Labute approximate surface area is 116 Å². The first-order chi connectivity index (χ1) is 9.29. The third kappa shape index (κ3) is 2.29. The van der Waals surface area contributed by atoms with Gasteiger partial charge in [0.25, 0.3) is 0 Å². The van der Waals surface area contributed by atoms with E-state index < -0.39 is 0 Å². The molecule has 3 aromatic rings. The number of aryl methyl sites for hydroxylation is 1. The van der Waals surface area contributed by atoms with Crippen molar-refractivity contribution in [1.29, 1.82) is 0 Å². The third-order valence-electron chi connectivity index (χ3n) is 3.26. The summed E-state index contributed by atoms with van der Waals surface area (Å²) >= 11 is 1.79. The predicted octanol–water partition coefficient (Wildman–Crippen LogP) is 3.40. The summed E-state index contributed by atoms with van der Waals surface area (Å²) in [7, 11) is 0. The van der Waals surface area contributed by atoms with Gasteiger partial charge in [0.2, 0.25) is 0 Å². The summed E-state index contributed by atoms with van der Waals surface area (Å²) in [5, 5.41) is 10.2. The number of pyridine rings is 1. The lowest BCUT2D eigenvalue weighted by atomic mass is 10.0. The Balaban J connectivity index is 2.09. The average molecular weight is 271 g/mol. The van der Waals surface area contributed by atoms with Crippen LogP contribution in [0, 0.1) is 6.92 Å². The average Bonchev–Trinajstić information content (AvgIpc) is 3.03. The second kappa shape index (κ2) is 5.15. The number of nitrogens with one attached hydrogen (secondary N) is 1. The van der Waals surface area contributed by atoms with Gasteiger partial charge < -0.3 is 5.32 Å². The Kier molecular flexibility index (Phi) is 3.36. The molecule has 0 fully saturated rings. The maximum atomic E-state index is 4.43. The third-order valence-corrected chi connectivity index (χ3v) is 4.14. The zero-order valence-corrected chi connectivity index (χ0v) is 11.9. The van der Waals surface area contributed by atoms with Gasteiger partial charge >= 0.3 is 0 Å². The lowest BCUT2D eigenvalue weighted by Crippen LogP contribution is -2.21. The van der Waals surface area contributed by atoms with Crippen molar-refractivity contribution in [1.82, 2.24) is 14.9 Å². The lowest BCUT2D eigenvalue weighted by molar-refractivity contribution is 0.636. The molecule has 0 saturated carbocycles. The molecule has 3 rings (SSSR count). The molecule has 19 heavy (non-hydrogen) atoms. The molecule has 1 atom stereocenters. The largest absolute Gasteiger partial charge is 0.306 e. The molecule has 0 aliphatic carbocycles. The van der Waals surface area contributed by atoms with E-state index in [1.807, 2.05) is 23.0 Å². The van der Waals surface area contributed by atoms with Crippen molar-refractivity contribution in [2.75, 3.05) is 6.54 Å². The molecular weight excluding hydrogens is 254 g/mol. The normalized spacial score (nSPS) is 12.9. The Morgan fingerprint density at radius 1 is 1.42 bits per heavy atom. The van der Waals surface area contributed by atoms with Crippen LogP contribution >= 0.6 is 11.3 Å². The summed E-state index contributed by atoms with van der Waals surface area (Å²) in [6.45, 7) is 5.22. The first-order valence-electron chi connectivity index (χ1n) is 6.50. The highest BCUT2D eigenvalue weighted by atomic mass is 32.1. The Morgan fingerprint density at radius 2 is 2.32 bits per heavy atom. The topological polar surface area (TPSA) is 29.3 Å². The van der Waals surface area contributed by atoms with Gasteiger partial charge in [-0.2, -0.15) is 5.10 Å². The van der Waals surface area contributed by atoms with E-state index in [0.717, 1.165) is 12.1 Å². The molecule has 98 valence electrons. The van der Waals surface area contributed by atoms with Crippen LogP contribution in [0.2, 0.25) is 0 Å². The molecular formula is C15H17N3S. The van der Waals surface area contributed by atoms with Gasteiger partial charge in [-0.25, -0.2) is 4.52 Å². The molecule has 0 spiro atoms. The second-order valence-electron chi connectivity index (χ2n) is 4.61. The van der Waals surface area contributed by atoms with E-state index in [2.05, 4.69) is 47.8 Å². The quantitative estimate of drug-likeness (QED) is 0.788. The minimum absolute atomic E-state index is 0.217. The Bertz CT molecular complexity index is 683. The fourth-order valence-electron chi connectivity index (χ4n) is 2.40. The highest BCUT2D eigenvalue weighted by molar-refractivity contribution is 7.10. The van der Waals surface area contributed by atoms with Crippen LogP contribution < -0.4 is 5.32 Å². The maximum Gasteiger partial charge on any atom is 0.0712 e. The molecule has 0 aliphatic heterocycles. The van der Waals surface area contributed by atoms with Crippen LogP contribution in [0.4, 0.5) is 0 Å². The van der Waals surface area contributed by atoms with Crippen molar-refractivity contribution >= 4 is 16.9 Å². The van der Waals surface area contributed by atoms with Gasteiger partial charge in [0, 0.05) is 16.6 Å². The number of aromatic nitrogens is 2. The van der Waals surface area contributed by atoms with Gasteiger partial charge in [0.05, 0.1) is 17.8 Å². The lowest BCUT2D eigenvalue weighted by Gasteiger charge is -2.15. The van der Waals surface area contributed by atoms with Crippen LogP contribution in [-0.2, 0) is 0 Å². The molecule has 3 aromatic heterocycles. The monoisotopic (exact) mass is 271 g/mol. The van der Waals surface area contributed by atoms with Crippen molar-refractivity contribution in [2.45, 2.75) is 19.9 Å². The molecule has 3 nitrogen and oxygen atoms in total. The van der Waals surface area contributed by atoms with Crippen molar-refractivity contribution in [2.24, 2.45) is 0 Å². The van der Waals surface area contributed by atoms with Gasteiger partial charge in [0.1, 0.15) is 0 Å². The summed E-state index contributed by atoms with van der Waals surface area (Å²) in [5.41, 5.74) is 3.72. The van der Waals surface area contributed by atoms with Crippen LogP contribution in [0.5, 0.6) is 0 Å². The van der Waals surface area contributed by atoms with Gasteiger partial charge in [0.15, 0.2) is 0 Å². The fourth-order valence-corrected chi connectivity index (χ4v) is 3.13. The first-order valence-corrected chi connectivity index (χ1v) is 7.38. The highest BCUT2D eigenvalue weighted by Crippen LogP contribution is 2.28. The zero-order chi connectivity index (χ0) is 13.2. The van der Waals surface area contributed by atoms with Gasteiger partial charge in [-0.15, -0.1) is 11.3 Å². The summed E-state index contributed by atoms with van der Waals surface area (Å²) in [6, 6.07) is 8.65. The van der Waals surface area contributed by atoms with E-state index in [9.17, 15) is 0 Å². The Morgan fingerprint density at radius 3 is 3.05 bits per heavy atom. The Hall–Kier alpha value is -1.65. The minimum Gasteiger partial charge on any atom is -0.306 e. The summed E-state index contributed by atoms with van der Waals surface area (Å²) < 4.78 is 1.93. The van der Waals surface area contributed by atoms with Gasteiger partial charge in [-0.1, -0.05) is 13.0 Å². The summed E-state index contributed by atoms with van der Waals surface area (Å²) in [4.78, 5) is 1.34. The number of rotatable bonds is 4. The first kappa shape index (κ1) is 12.4. The molecule has 0 radical (unpaired) electrons. The molecule has 0 aliphatic rings. The molecule has 4 heteroatoms. The number of hydrogen-bond acceptors (Lipinski definition) is 3. The van der Waals surface area contributed by atoms with E-state index in [4.69, 9.17) is 0 Å². The smallest absolute Gasteiger partial charge is 0.0712 e. The summed E-state index contributed by atoms with van der Waals surface area (Å²) in [5.74, 6) is 0. The van der Waals surface area contributed by atoms with Crippen molar-refractivity contribution in [3.05, 3.63) is 58.0 Å². The standard InChI is InChI=1S/C15H17N3S/c1-3-16-15(12-8-11(2)19-10-12)13-9-17-18-7-5-4-6-14(13)18/h4-10,15-16H,3H2,1-2H3. The number of fused-ring (bicyclic) bond motifs is 1. The maximum absolute atomic E-state index is 4.43. The van der Waals surface area contributed by atoms with Crippen LogP contribution in [0.15, 0.2) is 42.0 Å². The molecule has 0 saturated heterocycles. The minimum atomic E-state index is 0.217. The molecule has 0 amide bonds. The molecule has 0 bridgehead atoms. The predicted molar refractivity (Wildman–Crippen MR) is 79.8 cm³/mol. The second-order valence-corrected chi connectivity index (χ2v) is 5.73.